The van der Waals surface area contributed by atoms with Crippen molar-refractivity contribution in [3.8, 4) is 0 Å². The van der Waals surface area contributed by atoms with Crippen molar-refractivity contribution in [2.24, 2.45) is 11.7 Å². The van der Waals surface area contributed by atoms with Gasteiger partial charge < -0.3 is 10.8 Å². The van der Waals surface area contributed by atoms with E-state index in [0.29, 0.717) is 0 Å². The van der Waals surface area contributed by atoms with Gasteiger partial charge in [-0.05, 0) is 11.5 Å². The molecule has 1 rings (SSSR count). The lowest BCUT2D eigenvalue weighted by molar-refractivity contribution is -0.158. The van der Waals surface area contributed by atoms with E-state index in [4.69, 9.17) is 5.73 Å². The Kier molecular flexibility index (Phi) is 6.24. The monoisotopic (exact) mass is 306 g/mol. The number of hydrogen-bond donors (Lipinski definition) is 2. The lowest BCUT2D eigenvalue weighted by Gasteiger charge is -2.29. The minimum absolute atomic E-state index is 0.0479. The number of carboxylic acids is 1. The lowest BCUT2D eigenvalue weighted by Crippen LogP contribution is -2.55. The van der Waals surface area contributed by atoms with Crippen molar-refractivity contribution < 1.29 is 19.5 Å². The number of carboxylic acid groups (broad SMARTS) is 1. The number of amides is 2. The van der Waals surface area contributed by atoms with E-state index in [1.807, 2.05) is 6.07 Å². The normalized spacial score (nSPS) is 13.5. The molecule has 6 nitrogen and oxygen atoms in total. The number of benzene rings is 1. The molecule has 0 saturated carbocycles. The van der Waals surface area contributed by atoms with Gasteiger partial charge in [0.25, 0.3) is 0 Å². The van der Waals surface area contributed by atoms with Crippen LogP contribution < -0.4 is 5.73 Å². The maximum Gasteiger partial charge on any atom is 0.327 e. The lowest BCUT2D eigenvalue weighted by atomic mass is 10.00. The summed E-state index contributed by atoms with van der Waals surface area (Å²) in [5.74, 6) is -2.71. The largest absolute Gasteiger partial charge is 0.480 e. The first-order chi connectivity index (χ1) is 10.3. The van der Waals surface area contributed by atoms with Gasteiger partial charge in [-0.15, -0.1) is 0 Å². The Bertz CT molecular complexity index is 542. The Morgan fingerprint density at radius 2 is 1.73 bits per heavy atom. The van der Waals surface area contributed by atoms with Gasteiger partial charge in [0.2, 0.25) is 11.8 Å². The number of carbonyl (C=O) groups is 3. The fourth-order valence-electron chi connectivity index (χ4n) is 2.10. The highest BCUT2D eigenvalue weighted by atomic mass is 16.4. The van der Waals surface area contributed by atoms with Gasteiger partial charge in [0.15, 0.2) is 0 Å². The summed E-state index contributed by atoms with van der Waals surface area (Å²) in [5, 5.41) is 9.44. The van der Waals surface area contributed by atoms with Crippen LogP contribution in [0.25, 0.3) is 0 Å². The van der Waals surface area contributed by atoms with E-state index >= 15 is 0 Å². The van der Waals surface area contributed by atoms with Gasteiger partial charge in [-0.2, -0.15) is 0 Å². The van der Waals surface area contributed by atoms with E-state index in [2.05, 4.69) is 0 Å². The Labute approximate surface area is 129 Å². The van der Waals surface area contributed by atoms with E-state index in [9.17, 15) is 19.5 Å². The van der Waals surface area contributed by atoms with Crippen molar-refractivity contribution in [1.29, 1.82) is 0 Å². The first-order valence-corrected chi connectivity index (χ1v) is 7.11. The van der Waals surface area contributed by atoms with Crippen LogP contribution in [0.5, 0.6) is 0 Å². The fourth-order valence-corrected chi connectivity index (χ4v) is 2.10. The predicted molar refractivity (Wildman–Crippen MR) is 81.9 cm³/mol. The molecule has 0 saturated heterocycles. The third-order valence-electron chi connectivity index (χ3n) is 3.45. The Hall–Kier alpha value is -2.21. The summed E-state index contributed by atoms with van der Waals surface area (Å²) in [6.45, 7) is 4.66. The van der Waals surface area contributed by atoms with E-state index < -0.39 is 29.9 Å². The second-order valence-electron chi connectivity index (χ2n) is 5.54. The molecule has 1 aromatic rings. The van der Waals surface area contributed by atoms with E-state index in [-0.39, 0.29) is 12.3 Å². The topological polar surface area (TPSA) is 101 Å². The summed E-state index contributed by atoms with van der Waals surface area (Å²) in [6, 6.07) is 6.67. The molecular weight excluding hydrogens is 284 g/mol. The quantitative estimate of drug-likeness (QED) is 0.818. The van der Waals surface area contributed by atoms with Crippen molar-refractivity contribution in [3.05, 3.63) is 35.9 Å². The van der Waals surface area contributed by atoms with Gasteiger partial charge >= 0.3 is 5.97 Å². The summed E-state index contributed by atoms with van der Waals surface area (Å²) in [5.41, 5.74) is 6.52. The molecule has 0 bridgehead atoms. The van der Waals surface area contributed by atoms with Crippen LogP contribution in [0.1, 0.15) is 26.3 Å². The maximum absolute atomic E-state index is 12.4. The average Bonchev–Trinajstić information content (AvgIpc) is 2.45. The fraction of sp³-hybridized carbons (Fsp3) is 0.438. The molecule has 0 aliphatic rings. The maximum atomic E-state index is 12.4. The van der Waals surface area contributed by atoms with Crippen molar-refractivity contribution in [2.75, 3.05) is 0 Å². The van der Waals surface area contributed by atoms with Gasteiger partial charge in [-0.25, -0.2) is 4.79 Å². The summed E-state index contributed by atoms with van der Waals surface area (Å²) < 4.78 is 0. The van der Waals surface area contributed by atoms with Crippen LogP contribution in [0.2, 0.25) is 0 Å². The first kappa shape index (κ1) is 17.8. The molecule has 0 spiro atoms. The molecule has 3 N–H and O–H groups in total. The number of nitrogens with two attached hydrogens (primary N) is 1. The number of nitrogens with zero attached hydrogens (tertiary/aromatic N) is 1. The first-order valence-electron chi connectivity index (χ1n) is 7.11. The molecule has 1 aromatic carbocycles. The third kappa shape index (κ3) is 4.39. The van der Waals surface area contributed by atoms with Gasteiger partial charge in [0.1, 0.15) is 6.04 Å². The zero-order valence-corrected chi connectivity index (χ0v) is 13.0. The van der Waals surface area contributed by atoms with Crippen LogP contribution in [-0.4, -0.2) is 39.9 Å². The number of carbonyl (C=O) groups excluding carboxylic acids is 2. The molecule has 6 heteroatoms. The second-order valence-corrected chi connectivity index (χ2v) is 5.54. The summed E-state index contributed by atoms with van der Waals surface area (Å²) in [7, 11) is 0. The average molecular weight is 306 g/mol. The summed E-state index contributed by atoms with van der Waals surface area (Å²) in [4.78, 5) is 36.5. The second kappa shape index (κ2) is 7.70. The Morgan fingerprint density at radius 3 is 2.14 bits per heavy atom. The Morgan fingerprint density at radius 1 is 1.18 bits per heavy atom. The molecule has 0 unspecified atom stereocenters. The molecular formula is C16H22N2O4. The Balaban J connectivity index is 3.10. The zero-order valence-electron chi connectivity index (χ0n) is 13.0. The molecule has 0 aliphatic carbocycles. The van der Waals surface area contributed by atoms with Gasteiger partial charge in [0, 0.05) is 13.3 Å². The SMILES string of the molecule is CC(=O)N(C(=O)[C@@H](N)C(C)C)[C@@H](Cc1ccccc1)C(=O)O. The molecule has 22 heavy (non-hydrogen) atoms. The van der Waals surface area contributed by atoms with E-state index in [1.54, 1.807) is 38.1 Å². The van der Waals surface area contributed by atoms with Crippen LogP contribution >= 0.6 is 0 Å². The molecule has 2 atom stereocenters. The molecule has 0 heterocycles. The van der Waals surface area contributed by atoms with Crippen LogP contribution in [0.15, 0.2) is 30.3 Å². The molecule has 0 aromatic heterocycles. The van der Waals surface area contributed by atoms with Gasteiger partial charge in [0.05, 0.1) is 6.04 Å². The standard InChI is InChI=1S/C16H22N2O4/c1-10(2)14(17)15(20)18(11(3)19)13(16(21)22)9-12-7-5-4-6-8-12/h4-8,10,13-14H,9,17H2,1-3H3,(H,21,22)/t13-,14-/m0/s1. The van der Waals surface area contributed by atoms with Crippen molar-refractivity contribution in [1.82, 2.24) is 4.90 Å². The number of aliphatic carboxylic acids is 1. The number of rotatable bonds is 6. The highest BCUT2D eigenvalue weighted by Crippen LogP contribution is 2.13. The van der Waals surface area contributed by atoms with Crippen LogP contribution in [0.4, 0.5) is 0 Å². The highest BCUT2D eigenvalue weighted by molar-refractivity contribution is 6.00. The van der Waals surface area contributed by atoms with Crippen LogP contribution in [-0.2, 0) is 20.8 Å². The minimum Gasteiger partial charge on any atom is -0.480 e. The molecule has 120 valence electrons. The van der Waals surface area contributed by atoms with Crippen molar-refractivity contribution in [3.63, 3.8) is 0 Å². The number of imide groups is 1. The highest BCUT2D eigenvalue weighted by Gasteiger charge is 2.36. The molecule has 2 amide bonds. The van der Waals surface area contributed by atoms with Gasteiger partial charge in [-0.3, -0.25) is 14.5 Å². The van der Waals surface area contributed by atoms with Crippen molar-refractivity contribution >= 4 is 17.8 Å². The third-order valence-corrected chi connectivity index (χ3v) is 3.45. The van der Waals surface area contributed by atoms with Crippen molar-refractivity contribution in [2.45, 2.75) is 39.3 Å². The zero-order chi connectivity index (χ0) is 16.9. The summed E-state index contributed by atoms with van der Waals surface area (Å²) in [6.07, 6.45) is 0.0479. The number of hydrogen-bond acceptors (Lipinski definition) is 4. The van der Waals surface area contributed by atoms with E-state index in [1.165, 1.54) is 6.92 Å². The summed E-state index contributed by atoms with van der Waals surface area (Å²) >= 11 is 0. The minimum atomic E-state index is -1.27. The van der Waals surface area contributed by atoms with E-state index in [0.717, 1.165) is 10.5 Å². The molecule has 0 aliphatic heterocycles. The smallest absolute Gasteiger partial charge is 0.327 e. The molecule has 0 fully saturated rings. The predicted octanol–water partition coefficient (Wildman–Crippen LogP) is 1.04. The van der Waals surface area contributed by atoms with Crippen LogP contribution in [0, 0.1) is 5.92 Å². The molecule has 0 radical (unpaired) electrons. The van der Waals surface area contributed by atoms with Crippen LogP contribution in [0.3, 0.4) is 0 Å². The van der Waals surface area contributed by atoms with Gasteiger partial charge in [-0.1, -0.05) is 44.2 Å².